The van der Waals surface area contributed by atoms with E-state index in [1.807, 2.05) is 32.9 Å². The second-order valence-electron chi connectivity index (χ2n) is 5.98. The van der Waals surface area contributed by atoms with Crippen LogP contribution in [-0.4, -0.2) is 74.6 Å². The molecule has 0 bridgehead atoms. The van der Waals surface area contributed by atoms with Gasteiger partial charge in [0.2, 0.25) is 11.9 Å². The molecule has 0 aromatic carbocycles. The van der Waals surface area contributed by atoms with Crippen LogP contribution < -0.4 is 0 Å². The van der Waals surface area contributed by atoms with Crippen LogP contribution in [-0.2, 0) is 4.79 Å². The Kier molecular flexibility index (Phi) is 3.82. The number of aromatic nitrogens is 2. The first-order chi connectivity index (χ1) is 11.4. The monoisotopic (exact) mass is 329 g/mol. The zero-order valence-electron chi connectivity index (χ0n) is 14.5. The lowest BCUT2D eigenvalue weighted by Crippen LogP contribution is -2.62. The second-order valence-corrected chi connectivity index (χ2v) is 5.98. The molecule has 0 N–H and O–H groups in total. The third-order valence-corrected chi connectivity index (χ3v) is 4.25. The predicted octanol–water partition coefficient (Wildman–Crippen LogP) is 0.597. The molecule has 1 saturated heterocycles. The Morgan fingerprint density at radius 2 is 2.04 bits per heavy atom. The van der Waals surface area contributed by atoms with E-state index in [1.165, 1.54) is 9.80 Å². The van der Waals surface area contributed by atoms with E-state index in [9.17, 15) is 9.59 Å². The highest BCUT2D eigenvalue weighted by atomic mass is 16.2. The van der Waals surface area contributed by atoms with Gasteiger partial charge in [0.05, 0.1) is 12.7 Å². The molecule has 8 heteroatoms. The van der Waals surface area contributed by atoms with Crippen LogP contribution in [0.15, 0.2) is 23.2 Å². The van der Waals surface area contributed by atoms with Crippen molar-refractivity contribution in [2.75, 3.05) is 20.6 Å². The number of amidine groups is 1. The fourth-order valence-corrected chi connectivity index (χ4v) is 2.99. The maximum atomic E-state index is 12.8. The summed E-state index contributed by atoms with van der Waals surface area (Å²) in [5, 5.41) is 4.43. The van der Waals surface area contributed by atoms with Gasteiger partial charge in [-0.2, -0.15) is 0 Å². The molecule has 0 saturated carbocycles. The summed E-state index contributed by atoms with van der Waals surface area (Å²) >= 11 is 0. The van der Waals surface area contributed by atoms with Gasteiger partial charge in [-0.25, -0.2) is 9.37 Å². The molecule has 2 aliphatic heterocycles. The normalized spacial score (nSPS) is 21.2. The minimum Gasteiger partial charge on any atom is -0.270 e. The van der Waals surface area contributed by atoms with Gasteiger partial charge in [0.1, 0.15) is 5.69 Å². The Balaban J connectivity index is 2.06. The summed E-state index contributed by atoms with van der Waals surface area (Å²) in [4.78, 5) is 32.5. The fraction of sp³-hybridized carbons (Fsp3) is 0.438. The molecule has 126 valence electrons. The fourth-order valence-electron chi connectivity index (χ4n) is 2.99. The number of urea groups is 1. The number of imide groups is 1. The van der Waals surface area contributed by atoms with Crippen LogP contribution in [0.4, 0.5) is 4.79 Å². The van der Waals surface area contributed by atoms with E-state index in [1.54, 1.807) is 29.4 Å². The molecule has 3 rings (SSSR count). The Labute approximate surface area is 140 Å². The Morgan fingerprint density at radius 3 is 2.62 bits per heavy atom. The zero-order chi connectivity index (χ0) is 17.6. The molecule has 0 aliphatic carbocycles. The van der Waals surface area contributed by atoms with Crippen molar-refractivity contribution >= 4 is 23.7 Å². The summed E-state index contributed by atoms with van der Waals surface area (Å²) in [6.07, 6.45) is 3.60. The van der Waals surface area contributed by atoms with Crippen molar-refractivity contribution in [1.29, 1.82) is 0 Å². The maximum Gasteiger partial charge on any atom is 0.421 e. The number of nitrogens with zero attached hydrogens (tertiary/aromatic N) is 6. The van der Waals surface area contributed by atoms with Crippen LogP contribution in [0.5, 0.6) is 0 Å². The molecule has 1 atom stereocenters. The Bertz CT molecular complexity index is 817. The highest BCUT2D eigenvalue weighted by Crippen LogP contribution is 2.20. The molecule has 24 heavy (non-hydrogen) atoms. The van der Waals surface area contributed by atoms with Gasteiger partial charge in [-0.3, -0.25) is 14.6 Å². The molecule has 3 amide bonds. The smallest absolute Gasteiger partial charge is 0.270 e. The van der Waals surface area contributed by atoms with Crippen LogP contribution in [0.25, 0.3) is 0 Å². The zero-order valence-corrected chi connectivity index (χ0v) is 14.5. The molecule has 3 heterocycles. The van der Waals surface area contributed by atoms with Gasteiger partial charge >= 0.3 is 12.0 Å². The summed E-state index contributed by atoms with van der Waals surface area (Å²) < 4.78 is 3.46. The number of likely N-dealkylation sites (N-methyl/N-ethyl adjacent to an activating group) is 2. The molecule has 8 nitrogen and oxygen atoms in total. The first-order valence-electron chi connectivity index (χ1n) is 7.79. The first-order valence-corrected chi connectivity index (χ1v) is 7.79. The third-order valence-electron chi connectivity index (χ3n) is 4.25. The quantitative estimate of drug-likeness (QED) is 0.589. The lowest BCUT2D eigenvalue weighted by molar-refractivity contribution is -0.507. The number of hydrogen-bond donors (Lipinski definition) is 0. The van der Waals surface area contributed by atoms with E-state index in [-0.39, 0.29) is 18.5 Å². The highest BCUT2D eigenvalue weighted by molar-refractivity contribution is 6.23. The van der Waals surface area contributed by atoms with Gasteiger partial charge in [0.15, 0.2) is 0 Å². The molecule has 0 spiro atoms. The standard InChI is InChI=1S/C16H21N6O2/c1-6-7-8-21-14(23)12-13(20(5)16(21)24)17-15(19(12)4)22-11(3)9-10(2)18-22/h6-7,9,12H,8H2,1-5H3/q+1/b7-6+. The van der Waals surface area contributed by atoms with Gasteiger partial charge in [0.25, 0.3) is 5.91 Å². The number of rotatable bonds is 2. The second kappa shape index (κ2) is 5.70. The Morgan fingerprint density at radius 1 is 1.33 bits per heavy atom. The lowest BCUT2D eigenvalue weighted by atomic mass is 10.1. The van der Waals surface area contributed by atoms with Crippen molar-refractivity contribution in [1.82, 2.24) is 19.6 Å². The average molecular weight is 329 g/mol. The topological polar surface area (TPSA) is 73.8 Å². The van der Waals surface area contributed by atoms with E-state index < -0.39 is 6.04 Å². The van der Waals surface area contributed by atoms with Crippen LogP contribution >= 0.6 is 0 Å². The third kappa shape index (κ3) is 2.26. The summed E-state index contributed by atoms with van der Waals surface area (Å²) in [5.41, 5.74) is 1.79. The maximum absolute atomic E-state index is 12.8. The molecule has 1 aromatic heterocycles. The highest BCUT2D eigenvalue weighted by Gasteiger charge is 2.51. The number of hydrogen-bond acceptors (Lipinski definition) is 4. The van der Waals surface area contributed by atoms with Gasteiger partial charge < -0.3 is 0 Å². The van der Waals surface area contributed by atoms with Crippen molar-refractivity contribution in [2.45, 2.75) is 26.8 Å². The summed E-state index contributed by atoms with van der Waals surface area (Å²) in [5.74, 6) is 0.710. The van der Waals surface area contributed by atoms with Crippen LogP contribution in [0.1, 0.15) is 18.3 Å². The Hall–Kier alpha value is -2.77. The van der Waals surface area contributed by atoms with Crippen molar-refractivity contribution in [3.05, 3.63) is 29.6 Å². The number of aryl methyl sites for hydroxylation is 2. The van der Waals surface area contributed by atoms with Crippen molar-refractivity contribution in [2.24, 2.45) is 4.99 Å². The van der Waals surface area contributed by atoms with Crippen molar-refractivity contribution in [3.63, 3.8) is 0 Å². The molecule has 1 fully saturated rings. The first kappa shape index (κ1) is 16.1. The van der Waals surface area contributed by atoms with Gasteiger partial charge in [0, 0.05) is 13.6 Å². The van der Waals surface area contributed by atoms with Gasteiger partial charge in [-0.15, -0.1) is 9.78 Å². The number of aliphatic imine (C=N–C) groups is 1. The van der Waals surface area contributed by atoms with Gasteiger partial charge in [-0.1, -0.05) is 17.1 Å². The van der Waals surface area contributed by atoms with E-state index in [0.29, 0.717) is 11.8 Å². The minimum absolute atomic E-state index is 0.255. The lowest BCUT2D eigenvalue weighted by Gasteiger charge is -2.32. The molecule has 1 aromatic rings. The summed E-state index contributed by atoms with van der Waals surface area (Å²) in [6.45, 7) is 5.94. The summed E-state index contributed by atoms with van der Waals surface area (Å²) in [7, 11) is 3.43. The number of carbonyl (C=O) groups is 2. The molecule has 1 unspecified atom stereocenters. The van der Waals surface area contributed by atoms with E-state index in [0.717, 1.165) is 11.4 Å². The number of amides is 3. The van der Waals surface area contributed by atoms with E-state index in [2.05, 4.69) is 10.1 Å². The van der Waals surface area contributed by atoms with E-state index in [4.69, 9.17) is 0 Å². The van der Waals surface area contributed by atoms with Crippen molar-refractivity contribution < 1.29 is 14.2 Å². The molecule has 0 radical (unpaired) electrons. The average Bonchev–Trinajstić information content (AvgIpc) is 3.04. The van der Waals surface area contributed by atoms with Crippen LogP contribution in [0.3, 0.4) is 0 Å². The SMILES string of the molecule is C/C=C/CN1C(=O)C2C(=NC(n3nc(C)cc3C)=[N+]2C)N(C)C1=O. The number of allylic oxidation sites excluding steroid dienone is 1. The van der Waals surface area contributed by atoms with E-state index >= 15 is 0 Å². The summed E-state index contributed by atoms with van der Waals surface area (Å²) in [6, 6.07) is 0.964. The van der Waals surface area contributed by atoms with Crippen molar-refractivity contribution in [3.8, 4) is 0 Å². The molecular formula is C16H21N6O2+. The van der Waals surface area contributed by atoms with Crippen LogP contribution in [0.2, 0.25) is 0 Å². The minimum atomic E-state index is -0.614. The predicted molar refractivity (Wildman–Crippen MR) is 89.2 cm³/mol. The van der Waals surface area contributed by atoms with Gasteiger partial charge in [-0.05, 0) is 26.8 Å². The van der Waals surface area contributed by atoms with Crippen LogP contribution in [0, 0.1) is 13.8 Å². The number of fused-ring (bicyclic) bond motifs is 1. The molecule has 2 aliphatic rings. The largest absolute Gasteiger partial charge is 0.421 e. The molecular weight excluding hydrogens is 308 g/mol. The number of carbonyl (C=O) groups excluding carboxylic acids is 2.